The molecule has 0 aromatic carbocycles. The lowest BCUT2D eigenvalue weighted by molar-refractivity contribution is 0.128. The summed E-state index contributed by atoms with van der Waals surface area (Å²) in [7, 11) is 0. The van der Waals surface area contributed by atoms with Gasteiger partial charge in [-0.25, -0.2) is 9.97 Å². The van der Waals surface area contributed by atoms with Crippen LogP contribution in [0.25, 0.3) is 0 Å². The summed E-state index contributed by atoms with van der Waals surface area (Å²) in [6.45, 7) is 5.99. The maximum Gasteiger partial charge on any atom is 0.158 e. The molecule has 1 atom stereocenters. The van der Waals surface area contributed by atoms with Crippen LogP contribution >= 0.6 is 0 Å². The summed E-state index contributed by atoms with van der Waals surface area (Å²) in [4.78, 5) is 8.46. The van der Waals surface area contributed by atoms with Crippen LogP contribution in [0.3, 0.4) is 0 Å². The molecule has 0 spiro atoms. The van der Waals surface area contributed by atoms with Crippen molar-refractivity contribution in [1.29, 1.82) is 0 Å². The molecule has 0 aliphatic carbocycles. The lowest BCUT2D eigenvalue weighted by Gasteiger charge is -2.15. The van der Waals surface area contributed by atoms with Crippen molar-refractivity contribution in [1.82, 2.24) is 9.97 Å². The van der Waals surface area contributed by atoms with E-state index in [4.69, 9.17) is 15.6 Å². The summed E-state index contributed by atoms with van der Waals surface area (Å²) < 4.78 is 5.27. The second kappa shape index (κ2) is 8.66. The molecule has 0 fully saturated rings. The van der Waals surface area contributed by atoms with Gasteiger partial charge in [0.05, 0.1) is 0 Å². The van der Waals surface area contributed by atoms with Crippen LogP contribution in [0.1, 0.15) is 32.5 Å². The largest absolute Gasteiger partial charge is 0.396 e. The summed E-state index contributed by atoms with van der Waals surface area (Å²) in [5.41, 5.74) is 5.74. The van der Waals surface area contributed by atoms with E-state index in [9.17, 15) is 0 Å². The van der Waals surface area contributed by atoms with Gasteiger partial charge >= 0.3 is 0 Å². The molecule has 1 aromatic heterocycles. The molecular formula is C13H24N4O2. The SMILES string of the molecule is CCOCc1nc(N)cc(NCC(CC)CCO)n1. The monoisotopic (exact) mass is 268 g/mol. The Bertz CT molecular complexity index is 374. The maximum atomic E-state index is 8.96. The quantitative estimate of drug-likeness (QED) is 0.627. The first-order valence-electron chi connectivity index (χ1n) is 6.75. The minimum Gasteiger partial charge on any atom is -0.396 e. The third kappa shape index (κ3) is 5.85. The van der Waals surface area contributed by atoms with Gasteiger partial charge in [-0.1, -0.05) is 13.3 Å². The lowest BCUT2D eigenvalue weighted by atomic mass is 10.0. The molecule has 19 heavy (non-hydrogen) atoms. The molecule has 108 valence electrons. The van der Waals surface area contributed by atoms with Crippen LogP contribution < -0.4 is 11.1 Å². The molecule has 1 rings (SSSR count). The molecular weight excluding hydrogens is 244 g/mol. The minimum atomic E-state index is 0.210. The van der Waals surface area contributed by atoms with Crippen molar-refractivity contribution in [2.24, 2.45) is 5.92 Å². The highest BCUT2D eigenvalue weighted by atomic mass is 16.5. The van der Waals surface area contributed by atoms with Crippen molar-refractivity contribution in [2.45, 2.75) is 33.3 Å². The Balaban J connectivity index is 2.59. The smallest absolute Gasteiger partial charge is 0.158 e. The number of ether oxygens (including phenoxy) is 1. The molecule has 0 amide bonds. The second-order valence-corrected chi connectivity index (χ2v) is 4.40. The Morgan fingerprint density at radius 1 is 1.42 bits per heavy atom. The van der Waals surface area contributed by atoms with E-state index in [1.165, 1.54) is 0 Å². The summed E-state index contributed by atoms with van der Waals surface area (Å²) in [5, 5.41) is 12.2. The Hall–Kier alpha value is -1.40. The van der Waals surface area contributed by atoms with Crippen molar-refractivity contribution >= 4 is 11.6 Å². The van der Waals surface area contributed by atoms with Crippen LogP contribution in [0.15, 0.2) is 6.07 Å². The number of aromatic nitrogens is 2. The molecule has 6 nitrogen and oxygen atoms in total. The zero-order valence-electron chi connectivity index (χ0n) is 11.7. The van der Waals surface area contributed by atoms with Gasteiger partial charge < -0.3 is 20.9 Å². The van der Waals surface area contributed by atoms with Crippen LogP contribution in [0, 0.1) is 5.92 Å². The molecule has 1 unspecified atom stereocenters. The van der Waals surface area contributed by atoms with E-state index in [2.05, 4.69) is 22.2 Å². The van der Waals surface area contributed by atoms with Crippen LogP contribution in [0.4, 0.5) is 11.6 Å². The molecule has 0 saturated heterocycles. The van der Waals surface area contributed by atoms with E-state index < -0.39 is 0 Å². The van der Waals surface area contributed by atoms with Crippen LogP contribution in [0.5, 0.6) is 0 Å². The molecule has 0 radical (unpaired) electrons. The average molecular weight is 268 g/mol. The maximum absolute atomic E-state index is 8.96. The van der Waals surface area contributed by atoms with E-state index in [1.807, 2.05) is 6.92 Å². The standard InChI is InChI=1S/C13H24N4O2/c1-3-10(5-6-18)8-15-12-7-11(14)16-13(17-12)9-19-4-2/h7,10,18H,3-6,8-9H2,1-2H3,(H3,14,15,16,17). The first kappa shape index (κ1) is 15.7. The summed E-state index contributed by atoms with van der Waals surface area (Å²) in [6.07, 6.45) is 1.80. The van der Waals surface area contributed by atoms with Crippen molar-refractivity contribution in [3.63, 3.8) is 0 Å². The van der Waals surface area contributed by atoms with Crippen LogP contribution in [0.2, 0.25) is 0 Å². The van der Waals surface area contributed by atoms with Gasteiger partial charge in [-0.05, 0) is 19.3 Å². The number of nitrogens with two attached hydrogens (primary N) is 1. The molecule has 0 saturated carbocycles. The van der Waals surface area contributed by atoms with Gasteiger partial charge in [-0.2, -0.15) is 0 Å². The van der Waals surface area contributed by atoms with Gasteiger partial charge in [0, 0.05) is 25.8 Å². The van der Waals surface area contributed by atoms with Crippen molar-refractivity contribution in [3.8, 4) is 0 Å². The van der Waals surface area contributed by atoms with Crippen molar-refractivity contribution in [3.05, 3.63) is 11.9 Å². The lowest BCUT2D eigenvalue weighted by Crippen LogP contribution is -2.16. The highest BCUT2D eigenvalue weighted by Gasteiger charge is 2.07. The van der Waals surface area contributed by atoms with Gasteiger partial charge in [0.2, 0.25) is 0 Å². The third-order valence-electron chi connectivity index (χ3n) is 2.91. The molecule has 0 aliphatic heterocycles. The normalized spacial score (nSPS) is 12.4. The Morgan fingerprint density at radius 2 is 2.21 bits per heavy atom. The number of anilines is 2. The number of aliphatic hydroxyl groups excluding tert-OH is 1. The highest BCUT2D eigenvalue weighted by molar-refractivity contribution is 5.44. The predicted octanol–water partition coefficient (Wildman–Crippen LogP) is 1.42. The summed E-state index contributed by atoms with van der Waals surface area (Å²) in [6, 6.07) is 1.71. The topological polar surface area (TPSA) is 93.3 Å². The summed E-state index contributed by atoms with van der Waals surface area (Å²) >= 11 is 0. The number of nitrogen functional groups attached to an aromatic ring is 1. The second-order valence-electron chi connectivity index (χ2n) is 4.40. The van der Waals surface area contributed by atoms with Crippen LogP contribution in [-0.2, 0) is 11.3 Å². The first-order valence-corrected chi connectivity index (χ1v) is 6.75. The fourth-order valence-electron chi connectivity index (χ4n) is 1.75. The third-order valence-corrected chi connectivity index (χ3v) is 2.91. The first-order chi connectivity index (χ1) is 9.19. The molecule has 4 N–H and O–H groups in total. The average Bonchev–Trinajstić information content (AvgIpc) is 2.40. The fourth-order valence-corrected chi connectivity index (χ4v) is 1.75. The van der Waals surface area contributed by atoms with E-state index >= 15 is 0 Å². The molecule has 1 aromatic rings. The number of hydrogen-bond donors (Lipinski definition) is 3. The molecule has 0 aliphatic rings. The Kier molecular flexibility index (Phi) is 7.14. The highest BCUT2D eigenvalue weighted by Crippen LogP contribution is 2.12. The number of hydrogen-bond acceptors (Lipinski definition) is 6. The van der Waals surface area contributed by atoms with Gasteiger partial charge in [-0.3, -0.25) is 0 Å². The van der Waals surface area contributed by atoms with E-state index in [1.54, 1.807) is 6.07 Å². The van der Waals surface area contributed by atoms with Crippen molar-refractivity contribution < 1.29 is 9.84 Å². The fraction of sp³-hybridized carbons (Fsp3) is 0.692. The zero-order valence-corrected chi connectivity index (χ0v) is 11.7. The predicted molar refractivity (Wildman–Crippen MR) is 75.7 cm³/mol. The minimum absolute atomic E-state index is 0.210. The number of rotatable bonds is 9. The molecule has 6 heteroatoms. The van der Waals surface area contributed by atoms with E-state index in [0.717, 1.165) is 19.4 Å². The van der Waals surface area contributed by atoms with Gasteiger partial charge in [-0.15, -0.1) is 0 Å². The van der Waals surface area contributed by atoms with Gasteiger partial charge in [0.25, 0.3) is 0 Å². The molecule has 1 heterocycles. The number of aliphatic hydroxyl groups is 1. The molecule has 0 bridgehead atoms. The number of nitrogens with zero attached hydrogens (tertiary/aromatic N) is 2. The van der Waals surface area contributed by atoms with Crippen LogP contribution in [-0.4, -0.2) is 34.8 Å². The Morgan fingerprint density at radius 3 is 2.84 bits per heavy atom. The Labute approximate surface area is 114 Å². The number of nitrogens with one attached hydrogen (secondary N) is 1. The van der Waals surface area contributed by atoms with Gasteiger partial charge in [0.1, 0.15) is 18.2 Å². The zero-order chi connectivity index (χ0) is 14.1. The van der Waals surface area contributed by atoms with Gasteiger partial charge in [0.15, 0.2) is 5.82 Å². The van der Waals surface area contributed by atoms with E-state index in [0.29, 0.717) is 36.6 Å². The summed E-state index contributed by atoms with van der Waals surface area (Å²) in [5.74, 6) is 2.15. The van der Waals surface area contributed by atoms with E-state index in [-0.39, 0.29) is 6.61 Å². The van der Waals surface area contributed by atoms with Crippen molar-refractivity contribution in [2.75, 3.05) is 30.8 Å².